The van der Waals surface area contributed by atoms with Crippen molar-refractivity contribution in [1.29, 1.82) is 0 Å². The van der Waals surface area contributed by atoms with E-state index in [0.29, 0.717) is 0 Å². The van der Waals surface area contributed by atoms with Crippen LogP contribution in [-0.4, -0.2) is 11.1 Å². The van der Waals surface area contributed by atoms with Gasteiger partial charge in [0.2, 0.25) is 0 Å². The molecule has 2 heteroatoms. The maximum Gasteiger partial charge on any atom is 0.0615 e. The largest absolute Gasteiger partial charge is 0.378 e. The number of hydrogen-bond donors (Lipinski definition) is 1. The molecule has 1 unspecified atom stereocenters. The van der Waals surface area contributed by atoms with E-state index in [0.717, 1.165) is 11.1 Å². The minimum absolute atomic E-state index is 0.745. The zero-order valence-corrected chi connectivity index (χ0v) is 5.95. The molecule has 0 aromatic carbocycles. The Balaban J connectivity index is 2.23. The SMILES string of the molecule is C1=CCC2SCNC2=C1. The second-order valence-electron chi connectivity index (χ2n) is 2.26. The first-order chi connectivity index (χ1) is 4.47. The van der Waals surface area contributed by atoms with E-state index in [-0.39, 0.29) is 0 Å². The minimum Gasteiger partial charge on any atom is -0.378 e. The van der Waals surface area contributed by atoms with Crippen LogP contribution in [0.1, 0.15) is 6.42 Å². The summed E-state index contributed by atoms with van der Waals surface area (Å²) in [5.41, 5.74) is 1.42. The Labute approximate surface area is 59.2 Å². The third-order valence-electron chi connectivity index (χ3n) is 1.67. The molecule has 48 valence electrons. The molecule has 1 aliphatic heterocycles. The quantitative estimate of drug-likeness (QED) is 0.545. The topological polar surface area (TPSA) is 12.0 Å². The van der Waals surface area contributed by atoms with Crippen LogP contribution >= 0.6 is 11.8 Å². The van der Waals surface area contributed by atoms with Gasteiger partial charge in [0.15, 0.2) is 0 Å². The van der Waals surface area contributed by atoms with Gasteiger partial charge in [-0.2, -0.15) is 0 Å². The molecule has 1 N–H and O–H groups in total. The van der Waals surface area contributed by atoms with Crippen LogP contribution in [0.25, 0.3) is 0 Å². The van der Waals surface area contributed by atoms with Crippen LogP contribution < -0.4 is 5.32 Å². The van der Waals surface area contributed by atoms with Crippen molar-refractivity contribution >= 4 is 11.8 Å². The van der Waals surface area contributed by atoms with Crippen molar-refractivity contribution in [2.24, 2.45) is 0 Å². The molecule has 0 spiro atoms. The fraction of sp³-hybridized carbons (Fsp3) is 0.429. The third-order valence-corrected chi connectivity index (χ3v) is 2.83. The Bertz CT molecular complexity index is 172. The van der Waals surface area contributed by atoms with Gasteiger partial charge in [-0.05, 0) is 12.5 Å². The molecule has 0 radical (unpaired) electrons. The van der Waals surface area contributed by atoms with E-state index >= 15 is 0 Å². The average Bonchev–Trinajstić information content (AvgIpc) is 2.33. The van der Waals surface area contributed by atoms with E-state index in [9.17, 15) is 0 Å². The van der Waals surface area contributed by atoms with Gasteiger partial charge >= 0.3 is 0 Å². The number of hydrogen-bond acceptors (Lipinski definition) is 2. The summed E-state index contributed by atoms with van der Waals surface area (Å²) >= 11 is 2.00. The predicted octanol–water partition coefficient (Wildman–Crippen LogP) is 1.49. The van der Waals surface area contributed by atoms with Gasteiger partial charge in [0.1, 0.15) is 0 Å². The summed E-state index contributed by atoms with van der Waals surface area (Å²) < 4.78 is 0. The van der Waals surface area contributed by atoms with Crippen molar-refractivity contribution in [3.8, 4) is 0 Å². The molecule has 1 atom stereocenters. The van der Waals surface area contributed by atoms with Crippen molar-refractivity contribution in [1.82, 2.24) is 5.32 Å². The molecular weight excluding hydrogens is 130 g/mol. The number of fused-ring (bicyclic) bond motifs is 1. The lowest BCUT2D eigenvalue weighted by molar-refractivity contribution is 0.888. The number of allylic oxidation sites excluding steroid dienone is 3. The number of nitrogens with one attached hydrogen (secondary N) is 1. The van der Waals surface area contributed by atoms with Crippen molar-refractivity contribution in [2.75, 3.05) is 5.88 Å². The first-order valence-electron chi connectivity index (χ1n) is 3.19. The highest BCUT2D eigenvalue weighted by molar-refractivity contribution is 8.00. The number of thioether (sulfide) groups is 1. The molecule has 1 saturated heterocycles. The third kappa shape index (κ3) is 0.874. The molecular formula is C7H9NS. The second kappa shape index (κ2) is 2.10. The lowest BCUT2D eigenvalue weighted by Gasteiger charge is -2.09. The van der Waals surface area contributed by atoms with E-state index in [1.807, 2.05) is 11.8 Å². The molecule has 0 saturated carbocycles. The van der Waals surface area contributed by atoms with E-state index < -0.39 is 0 Å². The van der Waals surface area contributed by atoms with Gasteiger partial charge in [-0.3, -0.25) is 0 Å². The smallest absolute Gasteiger partial charge is 0.0615 e. The maximum absolute atomic E-state index is 3.33. The molecule has 0 aromatic rings. The Morgan fingerprint density at radius 3 is 3.56 bits per heavy atom. The highest BCUT2D eigenvalue weighted by Gasteiger charge is 2.20. The van der Waals surface area contributed by atoms with Crippen molar-refractivity contribution in [3.63, 3.8) is 0 Å². The van der Waals surface area contributed by atoms with Crippen LogP contribution in [0.3, 0.4) is 0 Å². The van der Waals surface area contributed by atoms with Crippen LogP contribution in [0, 0.1) is 0 Å². The highest BCUT2D eigenvalue weighted by atomic mass is 32.2. The van der Waals surface area contributed by atoms with Gasteiger partial charge in [0.05, 0.1) is 5.88 Å². The summed E-state index contributed by atoms with van der Waals surface area (Å²) in [7, 11) is 0. The summed E-state index contributed by atoms with van der Waals surface area (Å²) in [6, 6.07) is 0. The standard InChI is InChI=1S/C7H9NS/c1-2-4-7-6(3-1)8-5-9-7/h1-3,7-8H,4-5H2. The average molecular weight is 139 g/mol. The van der Waals surface area contributed by atoms with Gasteiger partial charge < -0.3 is 5.32 Å². The zero-order valence-electron chi connectivity index (χ0n) is 5.13. The first-order valence-corrected chi connectivity index (χ1v) is 4.24. The summed E-state index contributed by atoms with van der Waals surface area (Å²) in [6.45, 7) is 0. The predicted molar refractivity (Wildman–Crippen MR) is 41.2 cm³/mol. The molecule has 2 aliphatic rings. The summed E-state index contributed by atoms with van der Waals surface area (Å²) in [4.78, 5) is 0. The molecule has 2 rings (SSSR count). The van der Waals surface area contributed by atoms with Crippen LogP contribution in [0.2, 0.25) is 0 Å². The zero-order chi connectivity index (χ0) is 6.10. The molecule has 1 heterocycles. The minimum atomic E-state index is 0.745. The van der Waals surface area contributed by atoms with E-state index in [1.54, 1.807) is 0 Å². The molecule has 1 aliphatic carbocycles. The molecule has 1 fully saturated rings. The van der Waals surface area contributed by atoms with E-state index in [2.05, 4.69) is 23.5 Å². The van der Waals surface area contributed by atoms with Gasteiger partial charge in [-0.15, -0.1) is 11.8 Å². The van der Waals surface area contributed by atoms with Gasteiger partial charge in [0, 0.05) is 10.9 Å². The van der Waals surface area contributed by atoms with Crippen LogP contribution in [0.5, 0.6) is 0 Å². The summed E-state index contributed by atoms with van der Waals surface area (Å²) in [6.07, 6.45) is 7.75. The van der Waals surface area contributed by atoms with E-state index in [1.165, 1.54) is 12.1 Å². The fourth-order valence-electron chi connectivity index (χ4n) is 1.16. The second-order valence-corrected chi connectivity index (χ2v) is 3.45. The monoisotopic (exact) mass is 139 g/mol. The molecule has 0 aromatic heterocycles. The van der Waals surface area contributed by atoms with Crippen molar-refractivity contribution < 1.29 is 0 Å². The van der Waals surface area contributed by atoms with Crippen molar-refractivity contribution in [3.05, 3.63) is 23.9 Å². The van der Waals surface area contributed by atoms with Crippen LogP contribution in [-0.2, 0) is 0 Å². The van der Waals surface area contributed by atoms with Gasteiger partial charge in [0.25, 0.3) is 0 Å². The lowest BCUT2D eigenvalue weighted by Crippen LogP contribution is -2.11. The summed E-state index contributed by atoms with van der Waals surface area (Å²) in [5, 5.41) is 4.08. The first kappa shape index (κ1) is 5.42. The molecule has 1 nitrogen and oxygen atoms in total. The van der Waals surface area contributed by atoms with Crippen LogP contribution in [0.4, 0.5) is 0 Å². The Morgan fingerprint density at radius 2 is 2.67 bits per heavy atom. The Morgan fingerprint density at radius 1 is 1.67 bits per heavy atom. The van der Waals surface area contributed by atoms with Crippen molar-refractivity contribution in [2.45, 2.75) is 11.7 Å². The summed E-state index contributed by atoms with van der Waals surface area (Å²) in [5.74, 6) is 1.10. The molecule has 0 amide bonds. The Kier molecular flexibility index (Phi) is 1.27. The highest BCUT2D eigenvalue weighted by Crippen LogP contribution is 2.28. The maximum atomic E-state index is 3.33. The van der Waals surface area contributed by atoms with Crippen LogP contribution in [0.15, 0.2) is 23.9 Å². The lowest BCUT2D eigenvalue weighted by atomic mass is 10.1. The molecule has 0 bridgehead atoms. The normalized spacial score (nSPS) is 31.1. The fourth-order valence-corrected chi connectivity index (χ4v) is 2.20. The van der Waals surface area contributed by atoms with E-state index in [4.69, 9.17) is 0 Å². The Hall–Kier alpha value is -0.370. The molecule has 9 heavy (non-hydrogen) atoms. The number of rotatable bonds is 0. The van der Waals surface area contributed by atoms with Gasteiger partial charge in [-0.25, -0.2) is 0 Å². The van der Waals surface area contributed by atoms with Gasteiger partial charge in [-0.1, -0.05) is 12.2 Å².